The van der Waals surface area contributed by atoms with Crippen molar-refractivity contribution in [2.24, 2.45) is 5.92 Å². The van der Waals surface area contributed by atoms with Gasteiger partial charge in [-0.15, -0.1) is 0 Å². The average Bonchev–Trinajstić information content (AvgIpc) is 2.77. The zero-order chi connectivity index (χ0) is 8.39. The van der Waals surface area contributed by atoms with Gasteiger partial charge in [0.15, 0.2) is 0 Å². The van der Waals surface area contributed by atoms with Crippen LogP contribution in [0.1, 0.15) is 18.1 Å². The van der Waals surface area contributed by atoms with Gasteiger partial charge in [-0.1, -0.05) is 0 Å². The lowest BCUT2D eigenvalue weighted by atomic mass is 9.97. The maximum Gasteiger partial charge on any atom is 0.0855 e. The monoisotopic (exact) mass is 167 g/mol. The van der Waals surface area contributed by atoms with E-state index in [1.807, 2.05) is 18.5 Å². The van der Waals surface area contributed by atoms with Crippen LogP contribution in [0.15, 0.2) is 18.5 Å². The number of aliphatic hydroxyl groups excluding tert-OH is 1. The van der Waals surface area contributed by atoms with Crippen LogP contribution in [-0.2, 0) is 4.74 Å². The van der Waals surface area contributed by atoms with Crippen molar-refractivity contribution in [1.82, 2.24) is 4.98 Å². The lowest BCUT2D eigenvalue weighted by molar-refractivity contribution is 0.0919. The van der Waals surface area contributed by atoms with Gasteiger partial charge in [0.05, 0.1) is 12.7 Å². The van der Waals surface area contributed by atoms with Gasteiger partial charge >= 0.3 is 0 Å². The second kappa shape index (κ2) is 3.29. The molecule has 2 N–H and O–H groups in total. The van der Waals surface area contributed by atoms with Gasteiger partial charge in [-0.2, -0.15) is 0 Å². The van der Waals surface area contributed by atoms with E-state index in [1.165, 1.54) is 0 Å². The first-order chi connectivity index (χ1) is 5.88. The van der Waals surface area contributed by atoms with Crippen molar-refractivity contribution in [3.05, 3.63) is 24.0 Å². The van der Waals surface area contributed by atoms with Gasteiger partial charge in [0.2, 0.25) is 0 Å². The van der Waals surface area contributed by atoms with E-state index >= 15 is 0 Å². The summed E-state index contributed by atoms with van der Waals surface area (Å²) in [5.74, 6) is 0.279. The van der Waals surface area contributed by atoms with E-state index in [2.05, 4.69) is 4.98 Å². The van der Waals surface area contributed by atoms with Crippen molar-refractivity contribution in [3.63, 3.8) is 0 Å². The summed E-state index contributed by atoms with van der Waals surface area (Å²) in [6, 6.07) is 1.91. The Morgan fingerprint density at radius 2 is 2.58 bits per heavy atom. The normalized spacial score (nSPS) is 25.9. The van der Waals surface area contributed by atoms with E-state index in [0.29, 0.717) is 6.61 Å². The standard InChI is InChI=1S/C9H13NO2/c11-9(7-1-3-10-5-7)8-2-4-12-6-8/h1,3,5,8-11H,2,4,6H2. The molecule has 1 aliphatic rings. The molecule has 1 aliphatic heterocycles. The van der Waals surface area contributed by atoms with Gasteiger partial charge in [-0.05, 0) is 18.1 Å². The number of nitrogens with one attached hydrogen (secondary N) is 1. The van der Waals surface area contributed by atoms with Gasteiger partial charge in [0.25, 0.3) is 0 Å². The Labute approximate surface area is 71.4 Å². The molecule has 0 aromatic carbocycles. The molecule has 2 rings (SSSR count). The smallest absolute Gasteiger partial charge is 0.0855 e. The molecule has 0 saturated carbocycles. The van der Waals surface area contributed by atoms with Crippen molar-refractivity contribution >= 4 is 0 Å². The molecule has 3 heteroatoms. The van der Waals surface area contributed by atoms with E-state index in [9.17, 15) is 5.11 Å². The molecule has 1 aromatic rings. The highest BCUT2D eigenvalue weighted by Crippen LogP contribution is 2.27. The highest BCUT2D eigenvalue weighted by molar-refractivity contribution is 5.13. The molecule has 0 spiro atoms. The fraction of sp³-hybridized carbons (Fsp3) is 0.556. The Kier molecular flexibility index (Phi) is 2.15. The van der Waals surface area contributed by atoms with E-state index in [4.69, 9.17) is 4.74 Å². The molecule has 1 aromatic heterocycles. The summed E-state index contributed by atoms with van der Waals surface area (Å²) in [5, 5.41) is 9.81. The van der Waals surface area contributed by atoms with Crippen molar-refractivity contribution in [1.29, 1.82) is 0 Å². The lowest BCUT2D eigenvalue weighted by Crippen LogP contribution is -2.11. The molecule has 66 valence electrons. The van der Waals surface area contributed by atoms with E-state index < -0.39 is 0 Å². The van der Waals surface area contributed by atoms with E-state index in [1.54, 1.807) is 0 Å². The third kappa shape index (κ3) is 1.38. The molecular formula is C9H13NO2. The maximum absolute atomic E-state index is 9.81. The minimum Gasteiger partial charge on any atom is -0.388 e. The van der Waals surface area contributed by atoms with Gasteiger partial charge in [-0.25, -0.2) is 0 Å². The number of aromatic nitrogens is 1. The van der Waals surface area contributed by atoms with Crippen LogP contribution in [0.2, 0.25) is 0 Å². The van der Waals surface area contributed by atoms with E-state index in [0.717, 1.165) is 18.6 Å². The predicted molar refractivity (Wildman–Crippen MR) is 44.7 cm³/mol. The molecule has 1 fully saturated rings. The Hall–Kier alpha value is -0.800. The number of aromatic amines is 1. The highest BCUT2D eigenvalue weighted by Gasteiger charge is 2.25. The van der Waals surface area contributed by atoms with Crippen molar-refractivity contribution in [2.75, 3.05) is 13.2 Å². The summed E-state index contributed by atoms with van der Waals surface area (Å²) in [7, 11) is 0. The van der Waals surface area contributed by atoms with Crippen LogP contribution in [0.3, 0.4) is 0 Å². The summed E-state index contributed by atoms with van der Waals surface area (Å²) in [4.78, 5) is 2.93. The Balaban J connectivity index is 2.04. The topological polar surface area (TPSA) is 45.2 Å². The Morgan fingerprint density at radius 1 is 1.67 bits per heavy atom. The summed E-state index contributed by atoms with van der Waals surface area (Å²) < 4.78 is 5.21. The Bertz CT molecular complexity index is 227. The van der Waals surface area contributed by atoms with Crippen LogP contribution in [0.25, 0.3) is 0 Å². The quantitative estimate of drug-likeness (QED) is 0.692. The number of H-pyrrole nitrogens is 1. The number of hydrogen-bond donors (Lipinski definition) is 2. The minimum atomic E-state index is -0.362. The molecule has 1 saturated heterocycles. The van der Waals surface area contributed by atoms with Crippen molar-refractivity contribution < 1.29 is 9.84 Å². The van der Waals surface area contributed by atoms with Gasteiger partial charge < -0.3 is 14.8 Å². The lowest BCUT2D eigenvalue weighted by Gasteiger charge is -2.14. The van der Waals surface area contributed by atoms with Crippen molar-refractivity contribution in [2.45, 2.75) is 12.5 Å². The van der Waals surface area contributed by atoms with Crippen LogP contribution in [0.5, 0.6) is 0 Å². The molecule has 2 heterocycles. The highest BCUT2D eigenvalue weighted by atomic mass is 16.5. The molecule has 12 heavy (non-hydrogen) atoms. The molecule has 0 bridgehead atoms. The zero-order valence-electron chi connectivity index (χ0n) is 6.86. The van der Waals surface area contributed by atoms with Crippen molar-refractivity contribution in [3.8, 4) is 0 Å². The first-order valence-corrected chi connectivity index (χ1v) is 4.26. The minimum absolute atomic E-state index is 0.279. The SMILES string of the molecule is OC(c1cc[nH]c1)C1CCOC1. The number of rotatable bonds is 2. The van der Waals surface area contributed by atoms with Gasteiger partial charge in [0, 0.05) is 24.9 Å². The first kappa shape index (κ1) is 7.83. The predicted octanol–water partition coefficient (Wildman–Crippen LogP) is 1.08. The average molecular weight is 167 g/mol. The maximum atomic E-state index is 9.81. The van der Waals surface area contributed by atoms with Gasteiger partial charge in [-0.3, -0.25) is 0 Å². The largest absolute Gasteiger partial charge is 0.388 e. The van der Waals surface area contributed by atoms with E-state index in [-0.39, 0.29) is 12.0 Å². The number of ether oxygens (including phenoxy) is 1. The Morgan fingerprint density at radius 3 is 3.17 bits per heavy atom. The van der Waals surface area contributed by atoms with Crippen LogP contribution in [-0.4, -0.2) is 23.3 Å². The van der Waals surface area contributed by atoms with Gasteiger partial charge in [0.1, 0.15) is 0 Å². The fourth-order valence-electron chi connectivity index (χ4n) is 1.59. The molecule has 2 atom stereocenters. The third-order valence-corrected chi connectivity index (χ3v) is 2.37. The van der Waals surface area contributed by atoms with Crippen LogP contribution < -0.4 is 0 Å². The fourth-order valence-corrected chi connectivity index (χ4v) is 1.59. The third-order valence-electron chi connectivity index (χ3n) is 2.37. The van der Waals surface area contributed by atoms with Crippen LogP contribution in [0, 0.1) is 5.92 Å². The second-order valence-corrected chi connectivity index (χ2v) is 3.21. The molecular weight excluding hydrogens is 154 g/mol. The molecule has 2 unspecified atom stereocenters. The van der Waals surface area contributed by atoms with Crippen LogP contribution >= 0.6 is 0 Å². The molecule has 0 amide bonds. The van der Waals surface area contributed by atoms with Crippen LogP contribution in [0.4, 0.5) is 0 Å². The molecule has 3 nitrogen and oxygen atoms in total. The summed E-state index contributed by atoms with van der Waals surface area (Å²) >= 11 is 0. The zero-order valence-corrected chi connectivity index (χ0v) is 6.86. The summed E-state index contributed by atoms with van der Waals surface area (Å²) in [6.07, 6.45) is 4.27. The number of hydrogen-bond acceptors (Lipinski definition) is 2. The number of aliphatic hydroxyl groups is 1. The molecule has 0 aliphatic carbocycles. The summed E-state index contributed by atoms with van der Waals surface area (Å²) in [5.41, 5.74) is 0.963. The second-order valence-electron chi connectivity index (χ2n) is 3.21. The molecule has 0 radical (unpaired) electrons. The summed E-state index contributed by atoms with van der Waals surface area (Å²) in [6.45, 7) is 1.47. The first-order valence-electron chi connectivity index (χ1n) is 4.26.